The molecule has 0 aromatic carbocycles. The van der Waals surface area contributed by atoms with Crippen molar-refractivity contribution in [1.29, 1.82) is 0 Å². The molecule has 1 heterocycles. The Morgan fingerprint density at radius 2 is 1.39 bits per heavy atom. The average Bonchev–Trinajstić information content (AvgIpc) is 2.44. The van der Waals surface area contributed by atoms with Gasteiger partial charge in [-0.1, -0.05) is 53.7 Å². The van der Waals surface area contributed by atoms with Gasteiger partial charge in [-0.2, -0.15) is 0 Å². The number of H-pyrrole nitrogens is 1. The largest absolute Gasteiger partial charge is 0.359 e. The zero-order chi connectivity index (χ0) is 15.1. The van der Waals surface area contributed by atoms with Crippen LogP contribution in [0.15, 0.2) is 10.9 Å². The molecule has 0 spiro atoms. The van der Waals surface area contributed by atoms with Gasteiger partial charge in [-0.15, -0.1) is 0 Å². The van der Waals surface area contributed by atoms with Crippen LogP contribution in [0.25, 0.3) is 12.2 Å². The van der Waals surface area contributed by atoms with Crippen LogP contribution in [-0.2, 0) is 0 Å². The van der Waals surface area contributed by atoms with Crippen LogP contribution < -0.4 is 16.0 Å². The first kappa shape index (κ1) is 21.9. The van der Waals surface area contributed by atoms with Crippen molar-refractivity contribution >= 4 is 12.2 Å². The molecule has 0 amide bonds. The Hall–Kier alpha value is -1.31. The molecule has 1 aromatic heterocycles. The Morgan fingerprint density at radius 3 is 1.72 bits per heavy atom. The molecule has 2 nitrogen and oxygen atoms in total. The summed E-state index contributed by atoms with van der Waals surface area (Å²) < 4.78 is 0. The molecule has 18 heavy (non-hydrogen) atoms. The molecular formula is C16H31NO. The summed E-state index contributed by atoms with van der Waals surface area (Å²) in [6.07, 6.45) is 3.73. The van der Waals surface area contributed by atoms with Crippen LogP contribution >= 0.6 is 0 Å². The molecule has 0 aliphatic carbocycles. The number of rotatable bonds is 0. The van der Waals surface area contributed by atoms with Gasteiger partial charge in [-0.3, -0.25) is 4.79 Å². The van der Waals surface area contributed by atoms with Gasteiger partial charge in [0.25, 0.3) is 0 Å². The second-order valence-corrected chi connectivity index (χ2v) is 2.72. The first-order valence-corrected chi connectivity index (χ1v) is 7.01. The van der Waals surface area contributed by atoms with Crippen molar-refractivity contribution in [3.8, 4) is 0 Å². The van der Waals surface area contributed by atoms with Gasteiger partial charge in [0.15, 0.2) is 5.43 Å². The molecule has 0 saturated carbocycles. The first-order chi connectivity index (χ1) is 8.69. The third-order valence-corrected chi connectivity index (χ3v) is 1.81. The number of hydrogen-bond acceptors (Lipinski definition) is 1. The van der Waals surface area contributed by atoms with Gasteiger partial charge in [0, 0.05) is 22.3 Å². The SMILES string of the molecule is C/C=c1/[nH]c(C)cc(=O)/c1=C/C.CC.CC.CC. The Kier molecular flexibility index (Phi) is 19.1. The van der Waals surface area contributed by atoms with Crippen LogP contribution in [0.5, 0.6) is 0 Å². The van der Waals surface area contributed by atoms with Crippen molar-refractivity contribution in [2.45, 2.75) is 62.3 Å². The minimum absolute atomic E-state index is 0.0850. The molecule has 106 valence electrons. The van der Waals surface area contributed by atoms with E-state index in [1.54, 1.807) is 6.07 Å². The van der Waals surface area contributed by atoms with E-state index in [9.17, 15) is 4.79 Å². The molecule has 2 heteroatoms. The molecular weight excluding hydrogens is 222 g/mol. The highest BCUT2D eigenvalue weighted by Crippen LogP contribution is 1.75. The van der Waals surface area contributed by atoms with Gasteiger partial charge in [-0.05, 0) is 20.8 Å². The van der Waals surface area contributed by atoms with Crippen molar-refractivity contribution in [2.75, 3.05) is 0 Å². The maximum Gasteiger partial charge on any atom is 0.189 e. The second kappa shape index (κ2) is 15.7. The normalized spacial score (nSPS) is 10.3. The van der Waals surface area contributed by atoms with Gasteiger partial charge in [0.1, 0.15) is 0 Å². The molecule has 0 aliphatic heterocycles. The van der Waals surface area contributed by atoms with Crippen LogP contribution in [0.4, 0.5) is 0 Å². The summed E-state index contributed by atoms with van der Waals surface area (Å²) in [7, 11) is 0. The predicted octanol–water partition coefficient (Wildman–Crippen LogP) is 3.36. The van der Waals surface area contributed by atoms with Gasteiger partial charge in [-0.25, -0.2) is 0 Å². The van der Waals surface area contributed by atoms with E-state index in [-0.39, 0.29) is 5.43 Å². The highest BCUT2D eigenvalue weighted by Gasteiger charge is 1.91. The van der Waals surface area contributed by atoms with Crippen molar-refractivity contribution < 1.29 is 0 Å². The third-order valence-electron chi connectivity index (χ3n) is 1.81. The summed E-state index contributed by atoms with van der Waals surface area (Å²) in [6.45, 7) is 17.7. The van der Waals surface area contributed by atoms with Crippen LogP contribution in [-0.4, -0.2) is 4.98 Å². The molecule has 1 rings (SSSR count). The van der Waals surface area contributed by atoms with Gasteiger partial charge in [0.05, 0.1) is 0 Å². The lowest BCUT2D eigenvalue weighted by molar-refractivity contribution is 1.11. The van der Waals surface area contributed by atoms with Crippen molar-refractivity contribution in [1.82, 2.24) is 4.98 Å². The monoisotopic (exact) mass is 253 g/mol. The number of aromatic amines is 1. The molecule has 1 N–H and O–H groups in total. The maximum atomic E-state index is 11.4. The van der Waals surface area contributed by atoms with Gasteiger partial charge >= 0.3 is 0 Å². The van der Waals surface area contributed by atoms with Crippen LogP contribution in [0.3, 0.4) is 0 Å². The third kappa shape index (κ3) is 7.88. The van der Waals surface area contributed by atoms with E-state index >= 15 is 0 Å². The van der Waals surface area contributed by atoms with E-state index in [4.69, 9.17) is 0 Å². The quantitative estimate of drug-likeness (QED) is 0.755. The molecule has 0 fully saturated rings. The van der Waals surface area contributed by atoms with E-state index < -0.39 is 0 Å². The fraction of sp³-hybridized carbons (Fsp3) is 0.562. The Labute approximate surface area is 112 Å². The zero-order valence-electron chi connectivity index (χ0n) is 13.6. The summed E-state index contributed by atoms with van der Waals surface area (Å²) in [5, 5.41) is 1.66. The highest BCUT2D eigenvalue weighted by atomic mass is 16.1. The Balaban J connectivity index is -0.000000328. The van der Waals surface area contributed by atoms with E-state index in [0.29, 0.717) is 0 Å². The van der Waals surface area contributed by atoms with Gasteiger partial charge < -0.3 is 4.98 Å². The van der Waals surface area contributed by atoms with Crippen molar-refractivity contribution in [3.05, 3.63) is 32.6 Å². The fourth-order valence-corrected chi connectivity index (χ4v) is 1.25. The number of aryl methyl sites for hydroxylation is 1. The smallest absolute Gasteiger partial charge is 0.189 e. The fourth-order valence-electron chi connectivity index (χ4n) is 1.25. The lowest BCUT2D eigenvalue weighted by Crippen LogP contribution is -2.40. The summed E-state index contributed by atoms with van der Waals surface area (Å²) in [5.74, 6) is 0. The Morgan fingerprint density at radius 1 is 0.944 bits per heavy atom. The lowest BCUT2D eigenvalue weighted by Gasteiger charge is -1.93. The molecule has 0 saturated heterocycles. The highest BCUT2D eigenvalue weighted by molar-refractivity contribution is 5.26. The van der Waals surface area contributed by atoms with E-state index in [1.165, 1.54) is 0 Å². The van der Waals surface area contributed by atoms with Crippen LogP contribution in [0, 0.1) is 6.92 Å². The minimum Gasteiger partial charge on any atom is -0.359 e. The second-order valence-electron chi connectivity index (χ2n) is 2.72. The van der Waals surface area contributed by atoms with Crippen LogP contribution in [0.2, 0.25) is 0 Å². The number of pyridine rings is 1. The number of aromatic nitrogens is 1. The summed E-state index contributed by atoms with van der Waals surface area (Å²) in [4.78, 5) is 14.5. The summed E-state index contributed by atoms with van der Waals surface area (Å²) in [5.41, 5.74) is 0.987. The van der Waals surface area contributed by atoms with E-state index in [0.717, 1.165) is 16.3 Å². The van der Waals surface area contributed by atoms with Crippen molar-refractivity contribution in [2.24, 2.45) is 0 Å². The maximum absolute atomic E-state index is 11.4. The first-order valence-electron chi connectivity index (χ1n) is 7.01. The standard InChI is InChI=1S/C10H13NO.3C2H6/c1-4-8-9(5-2)11-7(3)6-10(8)12;3*1-2/h4-6,11H,1-3H3;3*1-2H3/b8-4+,9-5+;;;. The zero-order valence-corrected chi connectivity index (χ0v) is 13.6. The molecule has 0 aliphatic rings. The molecule has 0 unspecified atom stereocenters. The Bertz CT molecular complexity index is 441. The summed E-state index contributed by atoms with van der Waals surface area (Å²) >= 11 is 0. The molecule has 0 radical (unpaired) electrons. The van der Waals surface area contributed by atoms with E-state index in [2.05, 4.69) is 4.98 Å². The minimum atomic E-state index is 0.0850. The van der Waals surface area contributed by atoms with Crippen molar-refractivity contribution in [3.63, 3.8) is 0 Å². The number of hydrogen-bond donors (Lipinski definition) is 1. The number of nitrogens with one attached hydrogen (secondary N) is 1. The molecule has 1 aromatic rings. The molecule has 0 atom stereocenters. The predicted molar refractivity (Wildman–Crippen MR) is 85.4 cm³/mol. The van der Waals surface area contributed by atoms with Gasteiger partial charge in [0.2, 0.25) is 0 Å². The molecule has 0 bridgehead atoms. The van der Waals surface area contributed by atoms with E-state index in [1.807, 2.05) is 74.5 Å². The average molecular weight is 253 g/mol. The topological polar surface area (TPSA) is 32.9 Å². The lowest BCUT2D eigenvalue weighted by atomic mass is 10.2. The summed E-state index contributed by atoms with van der Waals surface area (Å²) in [6, 6.07) is 1.61. The van der Waals surface area contributed by atoms with Crippen LogP contribution in [0.1, 0.15) is 61.1 Å².